The van der Waals surface area contributed by atoms with Crippen LogP contribution in [0.2, 0.25) is 0 Å². The third kappa shape index (κ3) is 2.63. The van der Waals surface area contributed by atoms with Crippen molar-refractivity contribution in [3.05, 3.63) is 33.9 Å². The molecule has 0 bridgehead atoms. The first-order valence-corrected chi connectivity index (χ1v) is 6.63. The van der Waals surface area contributed by atoms with Gasteiger partial charge in [0.1, 0.15) is 0 Å². The molecular formula is C14H20N2O2. The largest absolute Gasteiger partial charge is 0.382 e. The number of nitrogens with one attached hydrogen (secondary N) is 1. The number of hydrogen-bond donors (Lipinski definition) is 1. The molecule has 1 aliphatic carbocycles. The number of anilines is 1. The fourth-order valence-corrected chi connectivity index (χ4v) is 2.84. The number of benzene rings is 1. The fourth-order valence-electron chi connectivity index (χ4n) is 2.84. The number of hydrogen-bond acceptors (Lipinski definition) is 3. The van der Waals surface area contributed by atoms with Crippen LogP contribution in [0.15, 0.2) is 18.2 Å². The van der Waals surface area contributed by atoms with Gasteiger partial charge < -0.3 is 5.32 Å². The summed E-state index contributed by atoms with van der Waals surface area (Å²) in [6, 6.07) is 5.57. The molecule has 1 saturated carbocycles. The van der Waals surface area contributed by atoms with E-state index in [4.69, 9.17) is 0 Å². The number of nitro groups is 1. The summed E-state index contributed by atoms with van der Waals surface area (Å²) < 4.78 is 0. The highest BCUT2D eigenvalue weighted by Crippen LogP contribution is 2.32. The summed E-state index contributed by atoms with van der Waals surface area (Å²) in [4.78, 5) is 10.3. The second kappa shape index (κ2) is 5.38. The van der Waals surface area contributed by atoms with Crippen molar-refractivity contribution >= 4 is 11.4 Å². The first-order chi connectivity index (χ1) is 8.61. The Morgan fingerprint density at radius 3 is 2.83 bits per heavy atom. The van der Waals surface area contributed by atoms with Crippen LogP contribution in [-0.4, -0.2) is 11.0 Å². The minimum Gasteiger partial charge on any atom is -0.382 e. The van der Waals surface area contributed by atoms with Crippen molar-refractivity contribution in [3.63, 3.8) is 0 Å². The molecule has 4 nitrogen and oxygen atoms in total. The first-order valence-electron chi connectivity index (χ1n) is 6.63. The van der Waals surface area contributed by atoms with Crippen LogP contribution in [-0.2, 0) is 0 Å². The van der Waals surface area contributed by atoms with Gasteiger partial charge in [-0.2, -0.15) is 0 Å². The van der Waals surface area contributed by atoms with E-state index in [0.717, 1.165) is 17.2 Å². The second-order valence-corrected chi connectivity index (χ2v) is 5.11. The Labute approximate surface area is 108 Å². The molecular weight excluding hydrogens is 228 g/mol. The normalized spacial score (nSPS) is 23.0. The van der Waals surface area contributed by atoms with Crippen LogP contribution in [0.5, 0.6) is 0 Å². The molecule has 0 spiro atoms. The summed E-state index contributed by atoms with van der Waals surface area (Å²) in [6.07, 6.45) is 4.97. The molecule has 0 amide bonds. The molecule has 1 aromatic rings. The van der Waals surface area contributed by atoms with Crippen LogP contribution in [0.4, 0.5) is 11.4 Å². The highest BCUT2D eigenvalue weighted by molar-refractivity contribution is 5.56. The lowest BCUT2D eigenvalue weighted by atomic mass is 10.00. The molecule has 2 rings (SSSR count). The molecule has 1 aliphatic rings. The summed E-state index contributed by atoms with van der Waals surface area (Å²) in [5.41, 5.74) is 2.15. The van der Waals surface area contributed by atoms with Gasteiger partial charge in [-0.05, 0) is 37.3 Å². The Morgan fingerprint density at radius 2 is 2.22 bits per heavy atom. The van der Waals surface area contributed by atoms with Gasteiger partial charge in [0, 0.05) is 23.9 Å². The van der Waals surface area contributed by atoms with Gasteiger partial charge in [-0.3, -0.25) is 10.1 Å². The van der Waals surface area contributed by atoms with Crippen molar-refractivity contribution in [2.24, 2.45) is 5.92 Å². The zero-order valence-electron chi connectivity index (χ0n) is 11.0. The van der Waals surface area contributed by atoms with Crippen molar-refractivity contribution in [2.45, 2.75) is 45.6 Å². The summed E-state index contributed by atoms with van der Waals surface area (Å²) in [5, 5.41) is 14.2. The van der Waals surface area contributed by atoms with E-state index in [-0.39, 0.29) is 10.6 Å². The molecule has 4 heteroatoms. The van der Waals surface area contributed by atoms with Crippen LogP contribution in [0.1, 0.15) is 38.2 Å². The highest BCUT2D eigenvalue weighted by Gasteiger charge is 2.25. The third-order valence-corrected chi connectivity index (χ3v) is 3.95. The number of non-ortho nitro benzene ring substituents is 1. The van der Waals surface area contributed by atoms with Crippen LogP contribution < -0.4 is 5.32 Å². The van der Waals surface area contributed by atoms with E-state index in [1.165, 1.54) is 25.7 Å². The molecule has 0 aromatic heterocycles. The molecule has 0 saturated heterocycles. The van der Waals surface area contributed by atoms with E-state index in [0.29, 0.717) is 6.04 Å². The van der Waals surface area contributed by atoms with Crippen LogP contribution in [0, 0.1) is 23.0 Å². The van der Waals surface area contributed by atoms with E-state index < -0.39 is 0 Å². The predicted molar refractivity (Wildman–Crippen MR) is 72.9 cm³/mol. The van der Waals surface area contributed by atoms with E-state index >= 15 is 0 Å². The van der Waals surface area contributed by atoms with E-state index in [2.05, 4.69) is 12.2 Å². The van der Waals surface area contributed by atoms with E-state index in [1.54, 1.807) is 12.1 Å². The average molecular weight is 248 g/mol. The Balaban J connectivity index is 2.12. The van der Waals surface area contributed by atoms with Crippen LogP contribution in [0.3, 0.4) is 0 Å². The lowest BCUT2D eigenvalue weighted by molar-refractivity contribution is -0.384. The smallest absolute Gasteiger partial charge is 0.269 e. The van der Waals surface area contributed by atoms with Crippen molar-refractivity contribution in [3.8, 4) is 0 Å². The minimum atomic E-state index is -0.346. The van der Waals surface area contributed by atoms with Gasteiger partial charge in [0.15, 0.2) is 0 Å². The standard InChI is InChI=1S/C14H20N2O2/c1-3-11-5-4-6-14(11)15-13-8-7-12(16(17)18)9-10(13)2/h7-9,11,14-15H,3-6H2,1-2H3. The molecule has 1 N–H and O–H groups in total. The fraction of sp³-hybridized carbons (Fsp3) is 0.571. The molecule has 2 unspecified atom stereocenters. The molecule has 0 radical (unpaired) electrons. The van der Waals surface area contributed by atoms with Crippen molar-refractivity contribution in [1.82, 2.24) is 0 Å². The highest BCUT2D eigenvalue weighted by atomic mass is 16.6. The monoisotopic (exact) mass is 248 g/mol. The van der Waals surface area contributed by atoms with Gasteiger partial charge in [0.25, 0.3) is 5.69 Å². The van der Waals surface area contributed by atoms with Gasteiger partial charge >= 0.3 is 0 Å². The Morgan fingerprint density at radius 1 is 1.44 bits per heavy atom. The maximum absolute atomic E-state index is 10.7. The summed E-state index contributed by atoms with van der Waals surface area (Å²) >= 11 is 0. The summed E-state index contributed by atoms with van der Waals surface area (Å²) in [5.74, 6) is 0.736. The van der Waals surface area contributed by atoms with E-state index in [9.17, 15) is 10.1 Å². The van der Waals surface area contributed by atoms with Crippen molar-refractivity contribution in [1.29, 1.82) is 0 Å². The second-order valence-electron chi connectivity index (χ2n) is 5.11. The zero-order valence-corrected chi connectivity index (χ0v) is 11.0. The zero-order chi connectivity index (χ0) is 13.1. The van der Waals surface area contributed by atoms with Gasteiger partial charge in [-0.25, -0.2) is 0 Å². The van der Waals surface area contributed by atoms with Crippen molar-refractivity contribution in [2.75, 3.05) is 5.32 Å². The number of nitrogens with zero attached hydrogens (tertiary/aromatic N) is 1. The van der Waals surface area contributed by atoms with E-state index in [1.807, 2.05) is 13.0 Å². The average Bonchev–Trinajstić information content (AvgIpc) is 2.78. The third-order valence-electron chi connectivity index (χ3n) is 3.95. The molecule has 98 valence electrons. The predicted octanol–water partition coefficient (Wildman–Crippen LogP) is 3.89. The molecule has 1 fully saturated rings. The summed E-state index contributed by atoms with van der Waals surface area (Å²) in [6.45, 7) is 4.15. The van der Waals surface area contributed by atoms with Gasteiger partial charge in [-0.15, -0.1) is 0 Å². The maximum Gasteiger partial charge on any atom is 0.269 e. The van der Waals surface area contributed by atoms with Gasteiger partial charge in [0.2, 0.25) is 0 Å². The number of rotatable bonds is 4. The minimum absolute atomic E-state index is 0.163. The Kier molecular flexibility index (Phi) is 3.84. The Bertz CT molecular complexity index is 445. The van der Waals surface area contributed by atoms with Crippen LogP contribution >= 0.6 is 0 Å². The van der Waals surface area contributed by atoms with Gasteiger partial charge in [-0.1, -0.05) is 19.8 Å². The lowest BCUT2D eigenvalue weighted by Gasteiger charge is -2.21. The molecule has 0 aliphatic heterocycles. The van der Waals surface area contributed by atoms with Crippen molar-refractivity contribution < 1.29 is 4.92 Å². The maximum atomic E-state index is 10.7. The quantitative estimate of drug-likeness (QED) is 0.649. The topological polar surface area (TPSA) is 55.2 Å². The van der Waals surface area contributed by atoms with Gasteiger partial charge in [0.05, 0.1) is 4.92 Å². The first kappa shape index (κ1) is 12.9. The molecule has 0 heterocycles. The molecule has 18 heavy (non-hydrogen) atoms. The lowest BCUT2D eigenvalue weighted by Crippen LogP contribution is -2.23. The number of nitro benzene ring substituents is 1. The van der Waals surface area contributed by atoms with Crippen LogP contribution in [0.25, 0.3) is 0 Å². The summed E-state index contributed by atoms with van der Waals surface area (Å²) in [7, 11) is 0. The molecule has 2 atom stereocenters. The number of aryl methyl sites for hydroxylation is 1. The SMILES string of the molecule is CCC1CCCC1Nc1ccc([N+](=O)[O-])cc1C. The Hall–Kier alpha value is -1.58. The molecule has 1 aromatic carbocycles.